The fourth-order valence-corrected chi connectivity index (χ4v) is 2.83. The normalized spacial score (nSPS) is 10.7. The summed E-state index contributed by atoms with van der Waals surface area (Å²) in [6.07, 6.45) is 0. The Morgan fingerprint density at radius 2 is 2.18 bits per heavy atom. The van der Waals surface area contributed by atoms with E-state index in [0.29, 0.717) is 13.1 Å². The van der Waals surface area contributed by atoms with Gasteiger partial charge in [0.05, 0.1) is 12.3 Å². The van der Waals surface area contributed by atoms with Gasteiger partial charge in [0.25, 0.3) is 0 Å². The third kappa shape index (κ3) is 3.27. The van der Waals surface area contributed by atoms with Crippen LogP contribution in [0.25, 0.3) is 0 Å². The lowest BCUT2D eigenvalue weighted by Crippen LogP contribution is -2.13. The molecule has 0 atom stereocenters. The van der Waals surface area contributed by atoms with Crippen molar-refractivity contribution in [1.29, 1.82) is 0 Å². The highest BCUT2D eigenvalue weighted by molar-refractivity contribution is 9.10. The van der Waals surface area contributed by atoms with E-state index in [-0.39, 0.29) is 0 Å². The highest BCUT2D eigenvalue weighted by Gasteiger charge is 2.07. The van der Waals surface area contributed by atoms with Crippen LogP contribution in [0, 0.1) is 0 Å². The predicted molar refractivity (Wildman–Crippen MR) is 70.6 cm³/mol. The molecule has 1 aromatic heterocycles. The van der Waals surface area contributed by atoms with Crippen molar-refractivity contribution in [3.8, 4) is 0 Å². The number of hydrogen-bond acceptors (Lipinski definition) is 5. The number of rotatable bonds is 5. The van der Waals surface area contributed by atoms with Crippen molar-refractivity contribution >= 4 is 27.7 Å². The van der Waals surface area contributed by atoms with Crippen LogP contribution in [0.3, 0.4) is 0 Å². The Labute approximate surface area is 112 Å². The van der Waals surface area contributed by atoms with E-state index in [0.717, 1.165) is 16.0 Å². The number of tetrazole rings is 1. The molecular weight excluding hydrogens is 302 g/mol. The van der Waals surface area contributed by atoms with Gasteiger partial charge in [-0.2, -0.15) is 0 Å². The first-order valence-electron chi connectivity index (χ1n) is 5.13. The summed E-state index contributed by atoms with van der Waals surface area (Å²) >= 11 is 5.20. The molecule has 5 nitrogen and oxygen atoms in total. The summed E-state index contributed by atoms with van der Waals surface area (Å²) < 4.78 is 2.83. The number of hydrogen-bond donors (Lipinski definition) is 1. The first-order chi connectivity index (χ1) is 8.31. The molecule has 0 saturated carbocycles. The molecule has 1 aromatic carbocycles. The van der Waals surface area contributed by atoms with Crippen molar-refractivity contribution in [2.45, 2.75) is 17.2 Å². The minimum Gasteiger partial charge on any atom is -0.329 e. The quantitative estimate of drug-likeness (QED) is 0.851. The molecule has 0 spiro atoms. The lowest BCUT2D eigenvalue weighted by atomic mass is 10.4. The van der Waals surface area contributed by atoms with Crippen LogP contribution in [0.2, 0.25) is 0 Å². The highest BCUT2D eigenvalue weighted by atomic mass is 79.9. The van der Waals surface area contributed by atoms with Gasteiger partial charge in [-0.1, -0.05) is 12.1 Å². The number of halogens is 1. The van der Waals surface area contributed by atoms with Gasteiger partial charge in [0, 0.05) is 15.9 Å². The average molecular weight is 314 g/mol. The summed E-state index contributed by atoms with van der Waals surface area (Å²) in [6, 6.07) is 8.08. The van der Waals surface area contributed by atoms with Gasteiger partial charge in [-0.15, -0.1) is 16.9 Å². The van der Waals surface area contributed by atoms with Gasteiger partial charge in [0.2, 0.25) is 0 Å². The summed E-state index contributed by atoms with van der Waals surface area (Å²) in [4.78, 5) is 1.18. The average Bonchev–Trinajstić information content (AvgIpc) is 2.76. The van der Waals surface area contributed by atoms with Crippen LogP contribution in [-0.2, 0) is 12.3 Å². The molecule has 0 fully saturated rings. The molecule has 0 radical (unpaired) electrons. The van der Waals surface area contributed by atoms with Crippen LogP contribution in [-0.4, -0.2) is 26.8 Å². The second kappa shape index (κ2) is 6.13. The van der Waals surface area contributed by atoms with Gasteiger partial charge >= 0.3 is 0 Å². The Balaban J connectivity index is 2.02. The van der Waals surface area contributed by atoms with Crippen molar-refractivity contribution < 1.29 is 0 Å². The molecule has 2 aromatic rings. The van der Waals surface area contributed by atoms with Gasteiger partial charge in [0.15, 0.2) is 5.82 Å². The molecule has 0 aliphatic carbocycles. The Morgan fingerprint density at radius 1 is 1.35 bits per heavy atom. The molecule has 0 aliphatic rings. The number of benzene rings is 1. The fraction of sp³-hybridized carbons (Fsp3) is 0.300. The standard InChI is InChI=1S/C10H12BrN5S/c11-8-3-1-2-4-9(8)17-7-10-13-14-15-16(10)6-5-12/h1-4H,5-7,12H2. The summed E-state index contributed by atoms with van der Waals surface area (Å²) in [6.45, 7) is 1.19. The second-order valence-electron chi connectivity index (χ2n) is 3.33. The molecule has 1 heterocycles. The van der Waals surface area contributed by atoms with E-state index in [2.05, 4.69) is 37.5 Å². The zero-order valence-corrected chi connectivity index (χ0v) is 11.5. The largest absolute Gasteiger partial charge is 0.329 e. The molecule has 0 aliphatic heterocycles. The molecule has 2 rings (SSSR count). The van der Waals surface area contributed by atoms with Gasteiger partial charge in [-0.25, -0.2) is 4.68 Å². The van der Waals surface area contributed by atoms with Crippen molar-refractivity contribution in [2.24, 2.45) is 5.73 Å². The van der Waals surface area contributed by atoms with Crippen LogP contribution < -0.4 is 5.73 Å². The zero-order valence-electron chi connectivity index (χ0n) is 9.08. The molecule has 0 bridgehead atoms. The molecular formula is C10H12BrN5S. The lowest BCUT2D eigenvalue weighted by molar-refractivity contribution is 0.582. The molecule has 0 unspecified atom stereocenters. The Kier molecular flexibility index (Phi) is 4.52. The first-order valence-corrected chi connectivity index (χ1v) is 6.91. The Morgan fingerprint density at radius 3 is 2.94 bits per heavy atom. The third-order valence-electron chi connectivity index (χ3n) is 2.14. The zero-order chi connectivity index (χ0) is 12.1. The molecule has 0 saturated heterocycles. The number of thioether (sulfide) groups is 1. The van der Waals surface area contributed by atoms with Crippen LogP contribution in [0.5, 0.6) is 0 Å². The van der Waals surface area contributed by atoms with Gasteiger partial charge < -0.3 is 5.73 Å². The molecule has 90 valence electrons. The van der Waals surface area contributed by atoms with Gasteiger partial charge in [-0.3, -0.25) is 0 Å². The summed E-state index contributed by atoms with van der Waals surface area (Å²) in [5, 5.41) is 11.5. The SMILES string of the molecule is NCCn1nnnc1CSc1ccccc1Br. The number of nitrogens with two attached hydrogens (primary N) is 1. The summed E-state index contributed by atoms with van der Waals surface area (Å²) in [5.74, 6) is 1.58. The van der Waals surface area contributed by atoms with Crippen molar-refractivity contribution in [1.82, 2.24) is 20.2 Å². The highest BCUT2D eigenvalue weighted by Crippen LogP contribution is 2.28. The predicted octanol–water partition coefficient (Wildman–Crippen LogP) is 1.69. The minimum atomic E-state index is 0.539. The monoisotopic (exact) mass is 313 g/mol. The van der Waals surface area contributed by atoms with Crippen LogP contribution in [0.15, 0.2) is 33.6 Å². The topological polar surface area (TPSA) is 69.6 Å². The van der Waals surface area contributed by atoms with Crippen molar-refractivity contribution in [3.05, 3.63) is 34.6 Å². The van der Waals surface area contributed by atoms with E-state index in [1.54, 1.807) is 16.4 Å². The minimum absolute atomic E-state index is 0.539. The Hall–Kier alpha value is -0.920. The van der Waals surface area contributed by atoms with Gasteiger partial charge in [0.1, 0.15) is 0 Å². The lowest BCUT2D eigenvalue weighted by Gasteiger charge is -2.04. The summed E-state index contributed by atoms with van der Waals surface area (Å²) in [5.41, 5.74) is 5.49. The molecule has 0 amide bonds. The Bertz CT molecular complexity index is 487. The van der Waals surface area contributed by atoms with Gasteiger partial charge in [-0.05, 0) is 38.5 Å². The van der Waals surface area contributed by atoms with Crippen LogP contribution >= 0.6 is 27.7 Å². The molecule has 17 heavy (non-hydrogen) atoms. The fourth-order valence-electron chi connectivity index (χ4n) is 1.33. The van der Waals surface area contributed by atoms with E-state index in [4.69, 9.17) is 5.73 Å². The van der Waals surface area contributed by atoms with E-state index >= 15 is 0 Å². The maximum absolute atomic E-state index is 5.49. The maximum atomic E-state index is 5.49. The van der Waals surface area contributed by atoms with E-state index in [9.17, 15) is 0 Å². The summed E-state index contributed by atoms with van der Waals surface area (Å²) in [7, 11) is 0. The van der Waals surface area contributed by atoms with Crippen LogP contribution in [0.4, 0.5) is 0 Å². The molecule has 7 heteroatoms. The van der Waals surface area contributed by atoms with Crippen molar-refractivity contribution in [2.75, 3.05) is 6.54 Å². The number of nitrogens with zero attached hydrogens (tertiary/aromatic N) is 4. The third-order valence-corrected chi connectivity index (χ3v) is 4.16. The molecule has 2 N–H and O–H groups in total. The van der Waals surface area contributed by atoms with Crippen LogP contribution in [0.1, 0.15) is 5.82 Å². The van der Waals surface area contributed by atoms with E-state index < -0.39 is 0 Å². The van der Waals surface area contributed by atoms with E-state index in [1.165, 1.54) is 4.90 Å². The first kappa shape index (κ1) is 12.5. The van der Waals surface area contributed by atoms with Crippen molar-refractivity contribution in [3.63, 3.8) is 0 Å². The smallest absolute Gasteiger partial charge is 0.161 e. The number of aromatic nitrogens is 4. The van der Waals surface area contributed by atoms with E-state index in [1.807, 2.05) is 18.2 Å². The maximum Gasteiger partial charge on any atom is 0.161 e. The second-order valence-corrected chi connectivity index (χ2v) is 5.20.